The number of hydrogen-bond donors (Lipinski definition) is 0. The lowest BCUT2D eigenvalue weighted by Crippen LogP contribution is -2.26. The Morgan fingerprint density at radius 2 is 1.82 bits per heavy atom. The standard InChI is InChI=1S/C17H18O5/c1-9-8-11-14(17(18)22-9)16(21-4)13-10(15(11)20-3)6-5-7-12(13)19-2/h5-7,9H,8H2,1-4H3. The first-order valence-corrected chi connectivity index (χ1v) is 7.06. The maximum Gasteiger partial charge on any atom is 0.342 e. The first kappa shape index (κ1) is 14.5. The highest BCUT2D eigenvalue weighted by molar-refractivity contribution is 6.08. The predicted molar refractivity (Wildman–Crippen MR) is 82.2 cm³/mol. The number of hydrogen-bond acceptors (Lipinski definition) is 5. The van der Waals surface area contributed by atoms with Gasteiger partial charge in [0.1, 0.15) is 28.9 Å². The van der Waals surface area contributed by atoms with E-state index in [2.05, 4.69) is 0 Å². The molecule has 116 valence electrons. The van der Waals surface area contributed by atoms with Gasteiger partial charge in [0.05, 0.1) is 26.7 Å². The Bertz CT molecular complexity index is 751. The first-order chi connectivity index (χ1) is 10.6. The van der Waals surface area contributed by atoms with Crippen LogP contribution in [0.25, 0.3) is 10.8 Å². The summed E-state index contributed by atoms with van der Waals surface area (Å²) in [6.45, 7) is 1.86. The first-order valence-electron chi connectivity index (χ1n) is 7.06. The predicted octanol–water partition coefficient (Wildman–Crippen LogP) is 2.97. The van der Waals surface area contributed by atoms with E-state index in [9.17, 15) is 4.79 Å². The molecule has 1 atom stereocenters. The number of esters is 1. The third kappa shape index (κ3) is 1.96. The second kappa shape index (κ2) is 5.40. The van der Waals surface area contributed by atoms with E-state index < -0.39 is 5.97 Å². The molecule has 1 aliphatic rings. The van der Waals surface area contributed by atoms with E-state index in [1.807, 2.05) is 25.1 Å². The van der Waals surface area contributed by atoms with Crippen molar-refractivity contribution >= 4 is 16.7 Å². The second-order valence-electron chi connectivity index (χ2n) is 5.22. The average Bonchev–Trinajstić information content (AvgIpc) is 2.51. The Hall–Kier alpha value is -2.43. The van der Waals surface area contributed by atoms with Crippen molar-refractivity contribution in [3.63, 3.8) is 0 Å². The van der Waals surface area contributed by atoms with Gasteiger partial charge in [-0.25, -0.2) is 4.79 Å². The zero-order valence-corrected chi connectivity index (χ0v) is 13.1. The molecule has 3 rings (SSSR count). The minimum atomic E-state index is -0.392. The van der Waals surface area contributed by atoms with E-state index in [4.69, 9.17) is 18.9 Å². The lowest BCUT2D eigenvalue weighted by atomic mass is 9.92. The summed E-state index contributed by atoms with van der Waals surface area (Å²) in [6.07, 6.45) is 0.398. The topological polar surface area (TPSA) is 54.0 Å². The Morgan fingerprint density at radius 1 is 1.09 bits per heavy atom. The van der Waals surface area contributed by atoms with Crippen molar-refractivity contribution in [3.05, 3.63) is 29.3 Å². The van der Waals surface area contributed by atoms with Gasteiger partial charge in [-0.05, 0) is 13.0 Å². The lowest BCUT2D eigenvalue weighted by molar-refractivity contribution is 0.0294. The van der Waals surface area contributed by atoms with Crippen LogP contribution in [0.3, 0.4) is 0 Å². The smallest absolute Gasteiger partial charge is 0.342 e. The Kier molecular flexibility index (Phi) is 3.56. The van der Waals surface area contributed by atoms with E-state index in [0.717, 1.165) is 16.3 Å². The van der Waals surface area contributed by atoms with E-state index in [1.165, 1.54) is 0 Å². The SMILES string of the molecule is COc1c2c(c(OC)c3c(OC)cccc13)C(=O)OC(C)C2. The van der Waals surface area contributed by atoms with Crippen LogP contribution in [0.1, 0.15) is 22.8 Å². The zero-order valence-electron chi connectivity index (χ0n) is 13.1. The second-order valence-corrected chi connectivity index (χ2v) is 5.22. The molecule has 5 nitrogen and oxygen atoms in total. The molecule has 0 saturated heterocycles. The molecule has 2 aromatic rings. The van der Waals surface area contributed by atoms with Crippen LogP contribution in [-0.2, 0) is 11.2 Å². The highest BCUT2D eigenvalue weighted by Crippen LogP contribution is 2.46. The summed E-state index contributed by atoms with van der Waals surface area (Å²) in [5, 5.41) is 1.58. The summed E-state index contributed by atoms with van der Waals surface area (Å²) in [7, 11) is 4.73. The van der Waals surface area contributed by atoms with Gasteiger partial charge in [-0.1, -0.05) is 12.1 Å². The number of rotatable bonds is 3. The molecule has 0 amide bonds. The third-order valence-corrected chi connectivity index (χ3v) is 3.93. The van der Waals surface area contributed by atoms with Gasteiger partial charge < -0.3 is 18.9 Å². The Morgan fingerprint density at radius 3 is 2.45 bits per heavy atom. The molecule has 0 spiro atoms. The van der Waals surface area contributed by atoms with Gasteiger partial charge in [0, 0.05) is 17.4 Å². The number of fused-ring (bicyclic) bond motifs is 2. The monoisotopic (exact) mass is 302 g/mol. The summed E-state index contributed by atoms with van der Waals surface area (Å²) in [4.78, 5) is 12.4. The molecular formula is C17H18O5. The fourth-order valence-electron chi connectivity index (χ4n) is 3.08. The van der Waals surface area contributed by atoms with Gasteiger partial charge in [0.2, 0.25) is 0 Å². The molecule has 0 N–H and O–H groups in total. The van der Waals surface area contributed by atoms with E-state index in [1.54, 1.807) is 21.3 Å². The zero-order chi connectivity index (χ0) is 15.9. The number of carbonyl (C=O) groups excluding carboxylic acids is 1. The summed E-state index contributed by atoms with van der Waals surface area (Å²) in [5.41, 5.74) is 1.25. The summed E-state index contributed by atoms with van der Waals surface area (Å²) >= 11 is 0. The fraction of sp³-hybridized carbons (Fsp3) is 0.353. The number of carbonyl (C=O) groups is 1. The number of benzene rings is 2. The maximum absolute atomic E-state index is 12.4. The molecule has 2 aromatic carbocycles. The van der Waals surface area contributed by atoms with Crippen LogP contribution in [0.5, 0.6) is 17.2 Å². The van der Waals surface area contributed by atoms with Gasteiger partial charge >= 0.3 is 5.97 Å². The van der Waals surface area contributed by atoms with Crippen LogP contribution in [0.4, 0.5) is 0 Å². The van der Waals surface area contributed by atoms with Crippen LogP contribution in [0, 0.1) is 0 Å². The normalized spacial score (nSPS) is 16.9. The van der Waals surface area contributed by atoms with E-state index in [0.29, 0.717) is 29.2 Å². The molecular weight excluding hydrogens is 284 g/mol. The Labute approximate surface area is 128 Å². The quantitative estimate of drug-likeness (QED) is 0.816. The highest BCUT2D eigenvalue weighted by atomic mass is 16.5. The molecule has 1 unspecified atom stereocenters. The molecule has 22 heavy (non-hydrogen) atoms. The third-order valence-electron chi connectivity index (χ3n) is 3.93. The van der Waals surface area contributed by atoms with Crippen LogP contribution < -0.4 is 14.2 Å². The molecule has 0 radical (unpaired) electrons. The van der Waals surface area contributed by atoms with Crippen molar-refractivity contribution in [3.8, 4) is 17.2 Å². The molecule has 1 aliphatic heterocycles. The van der Waals surface area contributed by atoms with Gasteiger partial charge in [0.15, 0.2) is 0 Å². The summed E-state index contributed by atoms with van der Waals surface area (Å²) in [6, 6.07) is 5.65. The minimum absolute atomic E-state index is 0.193. The molecule has 0 bridgehead atoms. The van der Waals surface area contributed by atoms with Gasteiger partial charge in [0.25, 0.3) is 0 Å². The molecule has 1 heterocycles. The summed E-state index contributed by atoms with van der Waals surface area (Å²) in [5.74, 6) is 1.38. The largest absolute Gasteiger partial charge is 0.496 e. The average molecular weight is 302 g/mol. The van der Waals surface area contributed by atoms with Crippen molar-refractivity contribution in [1.29, 1.82) is 0 Å². The number of ether oxygens (including phenoxy) is 4. The van der Waals surface area contributed by atoms with E-state index in [-0.39, 0.29) is 6.10 Å². The van der Waals surface area contributed by atoms with Crippen molar-refractivity contribution in [2.24, 2.45) is 0 Å². The van der Waals surface area contributed by atoms with Crippen molar-refractivity contribution in [2.75, 3.05) is 21.3 Å². The van der Waals surface area contributed by atoms with Crippen LogP contribution >= 0.6 is 0 Å². The summed E-state index contributed by atoms with van der Waals surface area (Å²) < 4.78 is 21.9. The van der Waals surface area contributed by atoms with Crippen LogP contribution in [0.15, 0.2) is 18.2 Å². The maximum atomic E-state index is 12.4. The minimum Gasteiger partial charge on any atom is -0.496 e. The molecule has 0 saturated carbocycles. The lowest BCUT2D eigenvalue weighted by Gasteiger charge is -2.27. The molecule has 0 aromatic heterocycles. The van der Waals surface area contributed by atoms with Crippen LogP contribution in [-0.4, -0.2) is 33.4 Å². The Balaban J connectivity index is 2.49. The molecule has 5 heteroatoms. The van der Waals surface area contributed by atoms with Crippen molar-refractivity contribution < 1.29 is 23.7 Å². The number of methoxy groups -OCH3 is 3. The van der Waals surface area contributed by atoms with Gasteiger partial charge in [-0.2, -0.15) is 0 Å². The fourth-order valence-corrected chi connectivity index (χ4v) is 3.08. The molecule has 0 aliphatic carbocycles. The van der Waals surface area contributed by atoms with Gasteiger partial charge in [-0.15, -0.1) is 0 Å². The highest BCUT2D eigenvalue weighted by Gasteiger charge is 2.33. The van der Waals surface area contributed by atoms with E-state index >= 15 is 0 Å². The van der Waals surface area contributed by atoms with Crippen molar-refractivity contribution in [1.82, 2.24) is 0 Å². The van der Waals surface area contributed by atoms with Crippen LogP contribution in [0.2, 0.25) is 0 Å². The molecule has 0 fully saturated rings. The number of cyclic esters (lactones) is 1. The van der Waals surface area contributed by atoms with Gasteiger partial charge in [-0.3, -0.25) is 0 Å². The van der Waals surface area contributed by atoms with Crippen molar-refractivity contribution in [2.45, 2.75) is 19.4 Å².